The lowest BCUT2D eigenvalue weighted by molar-refractivity contribution is -0.147. The lowest BCUT2D eigenvalue weighted by Gasteiger charge is -2.26. The van der Waals surface area contributed by atoms with E-state index >= 15 is 0 Å². The molecule has 1 atom stereocenters. The van der Waals surface area contributed by atoms with Gasteiger partial charge in [-0.05, 0) is 30.7 Å². The first-order chi connectivity index (χ1) is 18.5. The molecule has 1 saturated heterocycles. The van der Waals surface area contributed by atoms with Gasteiger partial charge >= 0.3 is 12.1 Å². The number of nitrogens with one attached hydrogen (secondary N) is 1. The molecule has 0 saturated carbocycles. The third-order valence-electron chi connectivity index (χ3n) is 5.36. The molecule has 1 aromatic heterocycles. The highest BCUT2D eigenvalue weighted by atomic mass is 35.5. The standard InChI is InChI=1S/C25H24ClF4N3O6/c1-15(32-14-34)8-22(25(28,29)30)33(2)19-10-21(17(26)9-18(19)27)39-20-4-3-6-31-24(20)38-13-23(35)37-12-16-5-7-36-11-16/h3-4,6,8-10,14,16H,1,5,7,11-13H2,2H3,(H,32,34)/b22-8-. The second-order valence-electron chi connectivity index (χ2n) is 8.22. The van der Waals surface area contributed by atoms with Gasteiger partial charge in [-0.1, -0.05) is 18.2 Å². The number of aromatic nitrogens is 1. The number of hydrogen-bond donors (Lipinski definition) is 1. The van der Waals surface area contributed by atoms with Crippen molar-refractivity contribution in [3.63, 3.8) is 0 Å². The van der Waals surface area contributed by atoms with Crippen LogP contribution in [-0.2, 0) is 19.1 Å². The monoisotopic (exact) mass is 573 g/mol. The van der Waals surface area contributed by atoms with Gasteiger partial charge in [0.2, 0.25) is 6.41 Å². The van der Waals surface area contributed by atoms with Crippen LogP contribution in [-0.4, -0.2) is 57.0 Å². The summed E-state index contributed by atoms with van der Waals surface area (Å²) < 4.78 is 77.5. The van der Waals surface area contributed by atoms with Crippen molar-refractivity contribution in [3.8, 4) is 17.4 Å². The van der Waals surface area contributed by atoms with E-state index in [0.29, 0.717) is 24.2 Å². The van der Waals surface area contributed by atoms with E-state index in [1.165, 1.54) is 18.3 Å². The molecule has 39 heavy (non-hydrogen) atoms. The fourth-order valence-corrected chi connectivity index (χ4v) is 3.60. The van der Waals surface area contributed by atoms with E-state index in [4.69, 9.17) is 30.5 Å². The number of ether oxygens (including phenoxy) is 4. The van der Waals surface area contributed by atoms with Crippen LogP contribution in [0.4, 0.5) is 23.2 Å². The van der Waals surface area contributed by atoms with Gasteiger partial charge < -0.3 is 29.2 Å². The quantitative estimate of drug-likeness (QED) is 0.168. The Labute approximate surface area is 225 Å². The molecule has 1 aliphatic rings. The molecular formula is C25H24ClF4N3O6. The minimum atomic E-state index is -4.95. The largest absolute Gasteiger partial charge is 0.463 e. The maximum absolute atomic E-state index is 14.8. The van der Waals surface area contributed by atoms with Crippen molar-refractivity contribution in [3.05, 3.63) is 65.4 Å². The van der Waals surface area contributed by atoms with Crippen molar-refractivity contribution in [1.82, 2.24) is 10.3 Å². The Hall–Kier alpha value is -3.84. The van der Waals surface area contributed by atoms with Crippen molar-refractivity contribution in [1.29, 1.82) is 0 Å². The molecular weight excluding hydrogens is 550 g/mol. The van der Waals surface area contributed by atoms with Crippen LogP contribution in [0.3, 0.4) is 0 Å². The summed E-state index contributed by atoms with van der Waals surface area (Å²) in [6.07, 6.45) is -2.12. The predicted molar refractivity (Wildman–Crippen MR) is 132 cm³/mol. The summed E-state index contributed by atoms with van der Waals surface area (Å²) in [5, 5.41) is 1.73. The number of alkyl halides is 3. The average molecular weight is 574 g/mol. The first-order valence-corrected chi connectivity index (χ1v) is 11.8. The summed E-state index contributed by atoms with van der Waals surface area (Å²) >= 11 is 6.11. The maximum atomic E-state index is 14.8. The van der Waals surface area contributed by atoms with Crippen LogP contribution < -0.4 is 19.7 Å². The Morgan fingerprint density at radius 1 is 1.36 bits per heavy atom. The maximum Gasteiger partial charge on any atom is 0.431 e. The van der Waals surface area contributed by atoms with Crippen molar-refractivity contribution in [2.75, 3.05) is 38.4 Å². The second kappa shape index (κ2) is 13.3. The van der Waals surface area contributed by atoms with E-state index in [-0.39, 0.29) is 47.0 Å². The lowest BCUT2D eigenvalue weighted by Crippen LogP contribution is -2.30. The fraction of sp³-hybridized carbons (Fsp3) is 0.320. The first kappa shape index (κ1) is 29.7. The molecule has 1 aliphatic heterocycles. The topological polar surface area (TPSA) is 99.2 Å². The van der Waals surface area contributed by atoms with Crippen molar-refractivity contribution in [2.24, 2.45) is 5.92 Å². The summed E-state index contributed by atoms with van der Waals surface area (Å²) in [5.41, 5.74) is -2.26. The molecule has 2 aromatic rings. The number of benzene rings is 1. The van der Waals surface area contributed by atoms with E-state index in [0.717, 1.165) is 25.6 Å². The number of hydrogen-bond acceptors (Lipinski definition) is 8. The Balaban J connectivity index is 1.80. The van der Waals surface area contributed by atoms with E-state index in [2.05, 4.69) is 11.6 Å². The molecule has 1 amide bonds. The Bertz CT molecular complexity index is 1230. The van der Waals surface area contributed by atoms with Crippen LogP contribution in [0.15, 0.2) is 54.5 Å². The van der Waals surface area contributed by atoms with E-state index in [9.17, 15) is 27.2 Å². The molecule has 210 valence electrons. The molecule has 0 bridgehead atoms. The summed E-state index contributed by atoms with van der Waals surface area (Å²) in [6.45, 7) is 4.11. The van der Waals surface area contributed by atoms with Gasteiger partial charge in [0.1, 0.15) is 17.3 Å². The van der Waals surface area contributed by atoms with Crippen LogP contribution in [0.2, 0.25) is 5.02 Å². The highest BCUT2D eigenvalue weighted by Crippen LogP contribution is 2.40. The molecule has 1 N–H and O–H groups in total. The molecule has 1 aromatic carbocycles. The summed E-state index contributed by atoms with van der Waals surface area (Å²) in [4.78, 5) is 27.1. The molecule has 1 unspecified atom stereocenters. The predicted octanol–water partition coefficient (Wildman–Crippen LogP) is 4.77. The minimum Gasteiger partial charge on any atom is -0.463 e. The number of anilines is 1. The normalized spacial score (nSPS) is 15.4. The van der Waals surface area contributed by atoms with Crippen LogP contribution in [0, 0.1) is 11.7 Å². The van der Waals surface area contributed by atoms with Gasteiger partial charge in [-0.3, -0.25) is 4.79 Å². The molecule has 1 fully saturated rings. The van der Waals surface area contributed by atoms with Gasteiger partial charge in [-0.25, -0.2) is 14.2 Å². The van der Waals surface area contributed by atoms with E-state index in [1.54, 1.807) is 0 Å². The molecule has 3 rings (SSSR count). The van der Waals surface area contributed by atoms with Gasteiger partial charge in [0.15, 0.2) is 12.4 Å². The minimum absolute atomic E-state index is 0.0493. The molecule has 0 aliphatic carbocycles. The lowest BCUT2D eigenvalue weighted by atomic mass is 10.1. The van der Waals surface area contributed by atoms with Crippen molar-refractivity contribution in [2.45, 2.75) is 12.6 Å². The number of esters is 1. The Morgan fingerprint density at radius 3 is 2.79 bits per heavy atom. The van der Waals surface area contributed by atoms with Crippen LogP contribution in [0.5, 0.6) is 17.4 Å². The number of halogens is 5. The number of carbonyl (C=O) groups excluding carboxylic acids is 2. The molecule has 0 radical (unpaired) electrons. The summed E-state index contributed by atoms with van der Waals surface area (Å²) in [7, 11) is 0.964. The van der Waals surface area contributed by atoms with Gasteiger partial charge in [-0.15, -0.1) is 0 Å². The van der Waals surface area contributed by atoms with Crippen LogP contribution in [0.25, 0.3) is 0 Å². The molecule has 9 nitrogen and oxygen atoms in total. The SMILES string of the molecule is C=C(/C=C(\N(C)c1cc(Oc2cccnc2OCC(=O)OCC2CCOC2)c(Cl)cc1F)C(F)(F)F)NC=O. The number of allylic oxidation sites excluding steroid dienone is 2. The Kier molecular flexibility index (Phi) is 10.1. The number of rotatable bonds is 12. The highest BCUT2D eigenvalue weighted by molar-refractivity contribution is 6.32. The smallest absolute Gasteiger partial charge is 0.431 e. The zero-order chi connectivity index (χ0) is 28.6. The van der Waals surface area contributed by atoms with Crippen molar-refractivity contribution >= 4 is 29.7 Å². The Morgan fingerprint density at radius 2 is 2.13 bits per heavy atom. The first-order valence-electron chi connectivity index (χ1n) is 11.4. The summed E-state index contributed by atoms with van der Waals surface area (Å²) in [5.74, 6) is -2.04. The molecule has 2 heterocycles. The average Bonchev–Trinajstić information content (AvgIpc) is 3.40. The third-order valence-corrected chi connectivity index (χ3v) is 5.65. The van der Waals surface area contributed by atoms with Crippen LogP contribution in [0.1, 0.15) is 6.42 Å². The fourth-order valence-electron chi connectivity index (χ4n) is 3.41. The van der Waals surface area contributed by atoms with Crippen molar-refractivity contribution < 1.29 is 46.1 Å². The van der Waals surface area contributed by atoms with Gasteiger partial charge in [-0.2, -0.15) is 13.2 Å². The number of nitrogens with zero attached hydrogens (tertiary/aromatic N) is 2. The van der Waals surface area contributed by atoms with E-state index in [1.807, 2.05) is 5.32 Å². The van der Waals surface area contributed by atoms with Gasteiger partial charge in [0.05, 0.1) is 23.9 Å². The number of carbonyl (C=O) groups is 2. The molecule has 14 heteroatoms. The zero-order valence-corrected chi connectivity index (χ0v) is 21.4. The second-order valence-corrected chi connectivity index (χ2v) is 8.63. The third kappa shape index (κ3) is 8.32. The van der Waals surface area contributed by atoms with Crippen LogP contribution >= 0.6 is 11.6 Å². The van der Waals surface area contributed by atoms with E-state index < -0.39 is 36.0 Å². The van der Waals surface area contributed by atoms with Gasteiger partial charge in [0.25, 0.3) is 5.88 Å². The zero-order valence-electron chi connectivity index (χ0n) is 20.6. The molecule has 0 spiro atoms. The summed E-state index contributed by atoms with van der Waals surface area (Å²) in [6, 6.07) is 4.60. The van der Waals surface area contributed by atoms with Gasteiger partial charge in [0, 0.05) is 37.5 Å². The number of pyridine rings is 1. The highest BCUT2D eigenvalue weighted by Gasteiger charge is 2.38. The number of amides is 1.